The zero-order chi connectivity index (χ0) is 13.8. The van der Waals surface area contributed by atoms with E-state index in [0.29, 0.717) is 26.1 Å². The molecule has 0 unspecified atom stereocenters. The van der Waals surface area contributed by atoms with Gasteiger partial charge in [0, 0.05) is 0 Å². The molecule has 0 radical (unpaired) electrons. The van der Waals surface area contributed by atoms with Gasteiger partial charge in [0.15, 0.2) is 0 Å². The molecule has 0 aliphatic carbocycles. The third kappa shape index (κ3) is 2.06. The van der Waals surface area contributed by atoms with Gasteiger partial charge in [-0.15, -0.1) is 0 Å². The van der Waals surface area contributed by atoms with E-state index in [-0.39, 0.29) is 18.3 Å². The van der Waals surface area contributed by atoms with Crippen LogP contribution in [0.4, 0.5) is 0 Å². The monoisotopic (exact) mass is 448 g/mol. The number of rotatable bonds is 1. The number of nitrogens with zero attached hydrogens (tertiary/aromatic N) is 2. The van der Waals surface area contributed by atoms with Crippen LogP contribution in [0.5, 0.6) is 0 Å². The molecule has 1 fully saturated rings. The first-order valence-electron chi connectivity index (χ1n) is 6.38. The summed E-state index contributed by atoms with van der Waals surface area (Å²) in [5.41, 5.74) is 1.50. The van der Waals surface area contributed by atoms with Crippen molar-refractivity contribution in [1.82, 2.24) is 7.36 Å². The topological polar surface area (TPSA) is 36.3 Å². The van der Waals surface area contributed by atoms with E-state index < -0.39 is 0 Å². The summed E-state index contributed by atoms with van der Waals surface area (Å²) >= 11 is 0.679. The van der Waals surface area contributed by atoms with Crippen molar-refractivity contribution in [2.24, 2.45) is 0 Å². The molecule has 3 rings (SSSR count). The molecular weight excluding hydrogens is 431 g/mol. The Kier molecular flexibility index (Phi) is 3.07. The number of fused-ring (bicyclic) bond motifs is 1. The SMILES string of the molecule is CC1(C)OB(c2c[n]([Tl])c3ncccc23)OC1(C)C. The van der Waals surface area contributed by atoms with Gasteiger partial charge in [-0.2, -0.15) is 0 Å². The van der Waals surface area contributed by atoms with Gasteiger partial charge in [0.1, 0.15) is 0 Å². The Morgan fingerprint density at radius 1 is 1.21 bits per heavy atom. The summed E-state index contributed by atoms with van der Waals surface area (Å²) < 4.78 is 14.4. The summed E-state index contributed by atoms with van der Waals surface area (Å²) in [6, 6.07) is 4.04. The summed E-state index contributed by atoms with van der Waals surface area (Å²) in [6.07, 6.45) is 3.94. The minimum absolute atomic E-state index is 0.304. The van der Waals surface area contributed by atoms with E-state index in [1.54, 1.807) is 0 Å². The third-order valence-corrected chi connectivity index (χ3v) is 5.66. The molecule has 0 bridgehead atoms. The molecule has 0 atom stereocenters. The van der Waals surface area contributed by atoms with Crippen LogP contribution in [0.2, 0.25) is 0 Å². The van der Waals surface area contributed by atoms with Crippen molar-refractivity contribution in [1.29, 1.82) is 0 Å². The standard InChI is InChI=1S/C13H16BN2O2.Tl/c1-12(2)13(3,4)18-14(17-12)10-8-16-11-9(10)6-5-7-15-11;/h5-8H,1-4H3;/q-1;+1. The van der Waals surface area contributed by atoms with E-state index in [1.807, 2.05) is 12.3 Å². The molecule has 0 spiro atoms. The van der Waals surface area contributed by atoms with Crippen molar-refractivity contribution >= 4 is 49.7 Å². The molecule has 0 N–H and O–H groups in total. The molecule has 6 heteroatoms. The minimum atomic E-state index is -0.309. The van der Waals surface area contributed by atoms with Crippen LogP contribution < -0.4 is 5.46 Å². The van der Waals surface area contributed by atoms with Crippen LogP contribution >= 0.6 is 0 Å². The summed E-state index contributed by atoms with van der Waals surface area (Å²) in [4.78, 5) is 4.44. The quantitative estimate of drug-likeness (QED) is 0.618. The third-order valence-electron chi connectivity index (χ3n) is 4.13. The Morgan fingerprint density at radius 2 is 1.84 bits per heavy atom. The molecule has 2 aromatic heterocycles. The fourth-order valence-corrected chi connectivity index (χ4v) is 3.69. The predicted octanol–water partition coefficient (Wildman–Crippen LogP) is 1.27. The van der Waals surface area contributed by atoms with Crippen LogP contribution in [0.3, 0.4) is 0 Å². The van der Waals surface area contributed by atoms with Gasteiger partial charge in [-0.3, -0.25) is 0 Å². The van der Waals surface area contributed by atoms with E-state index in [9.17, 15) is 0 Å². The van der Waals surface area contributed by atoms with Gasteiger partial charge in [-0.25, -0.2) is 0 Å². The molecule has 0 amide bonds. The van der Waals surface area contributed by atoms with Gasteiger partial charge in [0.05, 0.1) is 0 Å². The van der Waals surface area contributed by atoms with Gasteiger partial charge in [0.25, 0.3) is 0 Å². The second kappa shape index (κ2) is 4.29. The van der Waals surface area contributed by atoms with Gasteiger partial charge >= 0.3 is 130 Å². The van der Waals surface area contributed by atoms with E-state index in [2.05, 4.69) is 47.3 Å². The van der Waals surface area contributed by atoms with Crippen LogP contribution in [0, 0.1) is 0 Å². The Bertz CT molecular complexity index is 623. The van der Waals surface area contributed by atoms with Crippen LogP contribution in [0.25, 0.3) is 11.0 Å². The normalized spacial score (nSPS) is 21.1. The Labute approximate surface area is 129 Å². The predicted molar refractivity (Wildman–Crippen MR) is 76.6 cm³/mol. The number of hydrogen-bond acceptors (Lipinski definition) is 3. The van der Waals surface area contributed by atoms with E-state index >= 15 is 0 Å². The number of pyridine rings is 1. The first-order valence-corrected chi connectivity index (χ1v) is 8.39. The molecular formula is C13H16BN2O2Tl. The molecule has 3 heterocycles. The maximum atomic E-state index is 6.13. The van der Waals surface area contributed by atoms with Crippen molar-refractivity contribution in [3.63, 3.8) is 0 Å². The second-order valence-electron chi connectivity index (χ2n) is 5.95. The second-order valence-corrected chi connectivity index (χ2v) is 8.12. The fourth-order valence-electron chi connectivity index (χ4n) is 2.27. The van der Waals surface area contributed by atoms with Crippen molar-refractivity contribution in [3.05, 3.63) is 24.5 Å². The first kappa shape index (κ1) is 13.6. The average molecular weight is 447 g/mol. The van der Waals surface area contributed by atoms with Crippen LogP contribution in [-0.4, -0.2) is 51.7 Å². The zero-order valence-corrected chi connectivity index (χ0v) is 16.2. The molecule has 96 valence electrons. The first-order chi connectivity index (χ1) is 8.82. The van der Waals surface area contributed by atoms with Gasteiger partial charge in [-0.1, -0.05) is 0 Å². The van der Waals surface area contributed by atoms with Crippen LogP contribution in [-0.2, 0) is 9.31 Å². The summed E-state index contributed by atoms with van der Waals surface area (Å²) in [5.74, 6) is 0. The summed E-state index contributed by atoms with van der Waals surface area (Å²) in [7, 11) is -0.309. The zero-order valence-electron chi connectivity index (χ0n) is 11.7. The Balaban J connectivity index is 2.08. The molecule has 2 aromatic rings. The molecule has 1 aliphatic rings. The molecule has 0 aromatic carbocycles. The number of hydrogen-bond donors (Lipinski definition) is 0. The molecule has 1 saturated heterocycles. The van der Waals surface area contributed by atoms with Crippen molar-refractivity contribution in [2.75, 3.05) is 0 Å². The van der Waals surface area contributed by atoms with Crippen molar-refractivity contribution < 1.29 is 9.31 Å². The van der Waals surface area contributed by atoms with Gasteiger partial charge < -0.3 is 0 Å². The van der Waals surface area contributed by atoms with E-state index in [0.717, 1.165) is 16.5 Å². The molecule has 4 nitrogen and oxygen atoms in total. The average Bonchev–Trinajstić information content (AvgIpc) is 2.76. The summed E-state index contributed by atoms with van der Waals surface area (Å²) in [6.45, 7) is 8.31. The van der Waals surface area contributed by atoms with Crippen molar-refractivity contribution in [2.45, 2.75) is 38.9 Å². The maximum absolute atomic E-state index is 6.13. The van der Waals surface area contributed by atoms with Crippen LogP contribution in [0.1, 0.15) is 27.7 Å². The van der Waals surface area contributed by atoms with E-state index in [1.165, 1.54) is 0 Å². The van der Waals surface area contributed by atoms with Gasteiger partial charge in [-0.05, 0) is 0 Å². The van der Waals surface area contributed by atoms with Crippen molar-refractivity contribution in [3.8, 4) is 0 Å². The Morgan fingerprint density at radius 3 is 2.47 bits per heavy atom. The fraction of sp³-hybridized carbons (Fsp3) is 0.462. The van der Waals surface area contributed by atoms with Crippen LogP contribution in [0.15, 0.2) is 24.5 Å². The summed E-state index contributed by atoms with van der Waals surface area (Å²) in [5, 5.41) is 1.13. The Hall–Kier alpha value is -0.403. The molecule has 19 heavy (non-hydrogen) atoms. The number of aromatic nitrogens is 2. The van der Waals surface area contributed by atoms with E-state index in [4.69, 9.17) is 9.31 Å². The molecule has 0 saturated carbocycles. The van der Waals surface area contributed by atoms with Gasteiger partial charge in [0.2, 0.25) is 0 Å². The molecule has 1 aliphatic heterocycles.